The zero-order chi connectivity index (χ0) is 7.23. The molecule has 0 aliphatic rings. The van der Waals surface area contributed by atoms with Crippen molar-refractivity contribution in [2.24, 2.45) is 0 Å². The van der Waals surface area contributed by atoms with Gasteiger partial charge in [0.15, 0.2) is 5.69 Å². The maximum atomic E-state index is 9.77. The highest BCUT2D eigenvalue weighted by molar-refractivity contribution is 7.17. The molecule has 6 heteroatoms. The summed E-state index contributed by atoms with van der Waals surface area (Å²) in [5.74, 6) is 2.47. The van der Waals surface area contributed by atoms with Crippen LogP contribution in [0.1, 0.15) is 5.69 Å². The first kappa shape index (κ1) is 6.84. The SMILES string of the molecule is O=[PH2]OC#Cc1c[nH]nn1. The van der Waals surface area contributed by atoms with E-state index in [1.165, 1.54) is 6.20 Å². The minimum Gasteiger partial charge on any atom is -0.396 e. The van der Waals surface area contributed by atoms with Crippen molar-refractivity contribution >= 4 is 8.69 Å². The lowest BCUT2D eigenvalue weighted by Gasteiger charge is -1.74. The Balaban J connectivity index is 2.57. The summed E-state index contributed by atoms with van der Waals surface area (Å²) in [5, 5.41) is 9.40. The van der Waals surface area contributed by atoms with Crippen LogP contribution in [0.2, 0.25) is 0 Å². The maximum absolute atomic E-state index is 9.77. The summed E-state index contributed by atoms with van der Waals surface area (Å²) in [5.41, 5.74) is 0.466. The van der Waals surface area contributed by atoms with Gasteiger partial charge in [0.2, 0.25) is 8.69 Å². The quantitative estimate of drug-likeness (QED) is 0.452. The van der Waals surface area contributed by atoms with Gasteiger partial charge in [0, 0.05) is 5.92 Å². The van der Waals surface area contributed by atoms with Crippen LogP contribution in [-0.4, -0.2) is 15.4 Å². The Bertz CT molecular complexity index is 260. The van der Waals surface area contributed by atoms with Gasteiger partial charge in [-0.25, -0.2) is 0 Å². The van der Waals surface area contributed by atoms with E-state index in [0.29, 0.717) is 5.69 Å². The lowest BCUT2D eigenvalue weighted by atomic mass is 10.5. The number of hydrogen-bond donors (Lipinski definition) is 1. The predicted octanol–water partition coefficient (Wildman–Crippen LogP) is -0.198. The van der Waals surface area contributed by atoms with Crippen LogP contribution in [-0.2, 0) is 9.09 Å². The molecule has 5 nitrogen and oxygen atoms in total. The second-order valence-corrected chi connectivity index (χ2v) is 1.73. The normalized spacial score (nSPS) is 9.20. The van der Waals surface area contributed by atoms with Crippen molar-refractivity contribution < 1.29 is 9.09 Å². The Morgan fingerprint density at radius 1 is 1.80 bits per heavy atom. The molecule has 1 unspecified atom stereocenters. The van der Waals surface area contributed by atoms with Crippen LogP contribution in [0.15, 0.2) is 6.20 Å². The molecule has 0 saturated carbocycles. The zero-order valence-corrected chi connectivity index (χ0v) is 6.02. The molecule has 1 heterocycles. The number of aromatic amines is 1. The fourth-order valence-corrected chi connectivity index (χ4v) is 0.476. The van der Waals surface area contributed by atoms with Gasteiger partial charge in [0.25, 0.3) is 0 Å². The maximum Gasteiger partial charge on any atom is 0.236 e. The first-order valence-electron chi connectivity index (χ1n) is 2.40. The highest BCUT2D eigenvalue weighted by atomic mass is 31.1. The molecule has 1 atom stereocenters. The molecular weight excluding hydrogens is 153 g/mol. The molecule has 0 aliphatic heterocycles. The van der Waals surface area contributed by atoms with Crippen molar-refractivity contribution in [1.82, 2.24) is 15.4 Å². The summed E-state index contributed by atoms with van der Waals surface area (Å²) in [6.07, 6.45) is 3.70. The van der Waals surface area contributed by atoms with E-state index in [1.54, 1.807) is 0 Å². The number of rotatable bonds is 1. The predicted molar refractivity (Wildman–Crippen MR) is 34.7 cm³/mol. The van der Waals surface area contributed by atoms with Crippen LogP contribution < -0.4 is 0 Å². The first-order chi connectivity index (χ1) is 4.93. The topological polar surface area (TPSA) is 67.9 Å². The fraction of sp³-hybridized carbons (Fsp3) is 0. The third-order valence-electron chi connectivity index (χ3n) is 0.703. The Hall–Kier alpha value is -1.27. The summed E-state index contributed by atoms with van der Waals surface area (Å²) in [6.45, 7) is 0. The molecule has 1 aromatic rings. The van der Waals surface area contributed by atoms with Crippen molar-refractivity contribution in [3.05, 3.63) is 11.9 Å². The van der Waals surface area contributed by atoms with Gasteiger partial charge in [-0.3, -0.25) is 9.66 Å². The first-order valence-corrected chi connectivity index (χ1v) is 3.34. The van der Waals surface area contributed by atoms with E-state index in [9.17, 15) is 4.57 Å². The largest absolute Gasteiger partial charge is 0.396 e. The van der Waals surface area contributed by atoms with Gasteiger partial charge in [0.1, 0.15) is 6.11 Å². The highest BCUT2D eigenvalue weighted by Gasteiger charge is 1.84. The van der Waals surface area contributed by atoms with Crippen molar-refractivity contribution in [3.63, 3.8) is 0 Å². The Labute approximate surface area is 58.1 Å². The Morgan fingerprint density at radius 3 is 3.30 bits per heavy atom. The van der Waals surface area contributed by atoms with Crippen LogP contribution in [0.25, 0.3) is 0 Å². The van der Waals surface area contributed by atoms with E-state index >= 15 is 0 Å². The van der Waals surface area contributed by atoms with Gasteiger partial charge < -0.3 is 4.52 Å². The van der Waals surface area contributed by atoms with Crippen LogP contribution in [0.5, 0.6) is 0 Å². The molecule has 0 saturated heterocycles. The molecule has 1 rings (SSSR count). The van der Waals surface area contributed by atoms with Crippen molar-refractivity contribution in [3.8, 4) is 12.0 Å². The minimum atomic E-state index is -1.27. The lowest BCUT2D eigenvalue weighted by Crippen LogP contribution is -1.71. The summed E-state index contributed by atoms with van der Waals surface area (Å²) >= 11 is 0. The van der Waals surface area contributed by atoms with Gasteiger partial charge in [-0.05, 0) is 0 Å². The molecule has 0 spiro atoms. The number of nitrogens with zero attached hydrogens (tertiary/aromatic N) is 2. The number of hydrogen-bond acceptors (Lipinski definition) is 4. The number of H-pyrrole nitrogens is 1. The van der Waals surface area contributed by atoms with E-state index in [2.05, 4.69) is 32.0 Å². The molecule has 0 bridgehead atoms. The van der Waals surface area contributed by atoms with Crippen LogP contribution in [0.3, 0.4) is 0 Å². The molecule has 52 valence electrons. The highest BCUT2D eigenvalue weighted by Crippen LogP contribution is 1.90. The van der Waals surface area contributed by atoms with E-state index in [4.69, 9.17) is 0 Å². The monoisotopic (exact) mass is 157 g/mol. The summed E-state index contributed by atoms with van der Waals surface area (Å²) in [4.78, 5) is 0. The van der Waals surface area contributed by atoms with Gasteiger partial charge in [-0.15, -0.1) is 5.10 Å². The Kier molecular flexibility index (Phi) is 2.53. The molecule has 0 radical (unpaired) electrons. The fourth-order valence-electron chi connectivity index (χ4n) is 0.369. The summed E-state index contributed by atoms with van der Waals surface area (Å²) in [7, 11) is -1.27. The molecule has 0 fully saturated rings. The average Bonchev–Trinajstić information content (AvgIpc) is 2.41. The number of nitrogens with one attached hydrogen (secondary N) is 1. The molecular formula is C4H4N3O2P. The van der Waals surface area contributed by atoms with E-state index in [-0.39, 0.29) is 0 Å². The van der Waals surface area contributed by atoms with E-state index in [0.717, 1.165) is 0 Å². The van der Waals surface area contributed by atoms with Crippen molar-refractivity contribution in [2.75, 3.05) is 0 Å². The summed E-state index contributed by atoms with van der Waals surface area (Å²) < 4.78 is 14.1. The minimum absolute atomic E-state index is 0.466. The second-order valence-electron chi connectivity index (χ2n) is 1.30. The van der Waals surface area contributed by atoms with Crippen molar-refractivity contribution in [2.45, 2.75) is 0 Å². The van der Waals surface area contributed by atoms with Crippen LogP contribution in [0.4, 0.5) is 0 Å². The van der Waals surface area contributed by atoms with E-state index in [1.807, 2.05) is 0 Å². The Morgan fingerprint density at radius 2 is 2.70 bits per heavy atom. The molecule has 0 aliphatic carbocycles. The smallest absolute Gasteiger partial charge is 0.236 e. The second kappa shape index (κ2) is 3.70. The number of aromatic nitrogens is 3. The van der Waals surface area contributed by atoms with Gasteiger partial charge in [-0.1, -0.05) is 5.21 Å². The third-order valence-corrected chi connectivity index (χ3v) is 0.917. The zero-order valence-electron chi connectivity index (χ0n) is 4.87. The van der Waals surface area contributed by atoms with Gasteiger partial charge >= 0.3 is 0 Å². The lowest BCUT2D eigenvalue weighted by molar-refractivity contribution is 0.506. The van der Waals surface area contributed by atoms with Crippen LogP contribution >= 0.6 is 8.69 Å². The molecule has 0 amide bonds. The van der Waals surface area contributed by atoms with E-state index < -0.39 is 8.69 Å². The molecule has 10 heavy (non-hydrogen) atoms. The molecule has 1 N–H and O–H groups in total. The summed E-state index contributed by atoms with van der Waals surface area (Å²) in [6, 6.07) is 0. The standard InChI is InChI=1S/C4H4N3O2P/c8-10-9-2-1-4-3-5-7-6-4/h3H,10H2,(H,5,6,7). The van der Waals surface area contributed by atoms with Crippen LogP contribution in [0, 0.1) is 12.0 Å². The van der Waals surface area contributed by atoms with Gasteiger partial charge in [0.05, 0.1) is 6.20 Å². The third kappa shape index (κ3) is 1.92. The van der Waals surface area contributed by atoms with Gasteiger partial charge in [-0.2, -0.15) is 0 Å². The van der Waals surface area contributed by atoms with Crippen molar-refractivity contribution in [1.29, 1.82) is 0 Å². The molecule has 1 aromatic heterocycles. The molecule has 0 aromatic carbocycles. The average molecular weight is 157 g/mol.